The maximum absolute atomic E-state index is 11.8. The quantitative estimate of drug-likeness (QED) is 0.610. The Balaban J connectivity index is 3.28. The number of benzene rings is 1. The van der Waals surface area contributed by atoms with E-state index in [9.17, 15) is 4.79 Å². The lowest BCUT2D eigenvalue weighted by atomic mass is 10.1. The van der Waals surface area contributed by atoms with E-state index in [1.807, 2.05) is 6.07 Å². The van der Waals surface area contributed by atoms with Crippen LogP contribution >= 0.6 is 0 Å². The summed E-state index contributed by atoms with van der Waals surface area (Å²) in [6, 6.07) is 7.07. The first-order chi connectivity index (χ1) is 9.03. The number of hydrogen-bond acceptors (Lipinski definition) is 4. The second-order valence-corrected chi connectivity index (χ2v) is 3.98. The maximum Gasteiger partial charge on any atom is 0.264 e. The van der Waals surface area contributed by atoms with E-state index in [1.165, 1.54) is 18.1 Å². The zero-order valence-corrected chi connectivity index (χ0v) is 11.4. The highest BCUT2D eigenvalue weighted by atomic mass is 16.5. The second kappa shape index (κ2) is 6.45. The normalized spacial score (nSPS) is 10.6. The van der Waals surface area contributed by atoms with E-state index in [4.69, 9.17) is 14.7 Å². The molecule has 19 heavy (non-hydrogen) atoms. The molecule has 0 saturated heterocycles. The summed E-state index contributed by atoms with van der Waals surface area (Å²) in [5, 5.41) is 9.06. The zero-order chi connectivity index (χ0) is 14.4. The van der Waals surface area contributed by atoms with Gasteiger partial charge in [0.1, 0.15) is 23.1 Å². The van der Waals surface area contributed by atoms with Crippen LogP contribution in [0.5, 0.6) is 11.5 Å². The van der Waals surface area contributed by atoms with Gasteiger partial charge in [-0.2, -0.15) is 5.26 Å². The van der Waals surface area contributed by atoms with Gasteiger partial charge in [-0.15, -0.1) is 0 Å². The Kier molecular flexibility index (Phi) is 4.95. The van der Waals surface area contributed by atoms with Gasteiger partial charge in [0.25, 0.3) is 5.91 Å². The lowest BCUT2D eigenvalue weighted by molar-refractivity contribution is -0.124. The Labute approximate surface area is 112 Å². The van der Waals surface area contributed by atoms with Crippen LogP contribution in [0.2, 0.25) is 0 Å². The fourth-order valence-corrected chi connectivity index (χ4v) is 1.49. The number of hydrogen-bond donors (Lipinski definition) is 0. The largest absolute Gasteiger partial charge is 0.497 e. The van der Waals surface area contributed by atoms with Crippen molar-refractivity contribution in [2.75, 3.05) is 28.3 Å². The Morgan fingerprint density at radius 1 is 1.32 bits per heavy atom. The fraction of sp³-hybridized carbons (Fsp3) is 0.286. The minimum atomic E-state index is -0.354. The molecule has 0 fully saturated rings. The van der Waals surface area contributed by atoms with Gasteiger partial charge in [-0.05, 0) is 24.3 Å². The van der Waals surface area contributed by atoms with E-state index < -0.39 is 0 Å². The van der Waals surface area contributed by atoms with Gasteiger partial charge in [-0.1, -0.05) is 0 Å². The third kappa shape index (κ3) is 3.49. The number of nitriles is 1. The van der Waals surface area contributed by atoms with Gasteiger partial charge in [0, 0.05) is 19.7 Å². The van der Waals surface area contributed by atoms with Crippen molar-refractivity contribution < 1.29 is 14.3 Å². The van der Waals surface area contributed by atoms with Crippen LogP contribution in [0.1, 0.15) is 5.56 Å². The van der Waals surface area contributed by atoms with Crippen molar-refractivity contribution in [2.45, 2.75) is 0 Å². The predicted octanol–water partition coefficient (Wildman–Crippen LogP) is 1.70. The van der Waals surface area contributed by atoms with Crippen LogP contribution < -0.4 is 9.47 Å². The van der Waals surface area contributed by atoms with Crippen LogP contribution in [0.3, 0.4) is 0 Å². The molecular weight excluding hydrogens is 244 g/mol. The fourth-order valence-electron chi connectivity index (χ4n) is 1.49. The highest BCUT2D eigenvalue weighted by molar-refractivity contribution is 6.01. The van der Waals surface area contributed by atoms with Gasteiger partial charge in [0.2, 0.25) is 0 Å². The van der Waals surface area contributed by atoms with Crippen LogP contribution in [0.4, 0.5) is 0 Å². The molecule has 1 aromatic carbocycles. The number of carbonyl (C=O) groups excluding carboxylic acids is 1. The van der Waals surface area contributed by atoms with Crippen LogP contribution in [0.25, 0.3) is 6.08 Å². The number of amides is 1. The van der Waals surface area contributed by atoms with Gasteiger partial charge in [-0.25, -0.2) is 0 Å². The molecule has 5 heteroatoms. The number of ether oxygens (including phenoxy) is 2. The SMILES string of the molecule is COc1ccc(OC)c(/C=C(\C#N)C(=O)N(C)C)c1. The first-order valence-electron chi connectivity index (χ1n) is 5.59. The first kappa shape index (κ1) is 14.6. The van der Waals surface area contributed by atoms with Crippen LogP contribution in [-0.2, 0) is 4.79 Å². The minimum Gasteiger partial charge on any atom is -0.497 e. The summed E-state index contributed by atoms with van der Waals surface area (Å²) in [5.41, 5.74) is 0.658. The summed E-state index contributed by atoms with van der Waals surface area (Å²) < 4.78 is 10.3. The number of likely N-dealkylation sites (N-methyl/N-ethyl adjacent to an activating group) is 1. The average molecular weight is 260 g/mol. The summed E-state index contributed by atoms with van der Waals surface area (Å²) in [5.74, 6) is 0.842. The number of nitrogens with zero attached hydrogens (tertiary/aromatic N) is 2. The molecule has 1 aromatic rings. The molecule has 0 aliphatic heterocycles. The third-order valence-electron chi connectivity index (χ3n) is 2.49. The highest BCUT2D eigenvalue weighted by Gasteiger charge is 2.13. The standard InChI is InChI=1S/C14H16N2O3/c1-16(2)14(17)11(9-15)7-10-8-12(18-3)5-6-13(10)19-4/h5-8H,1-4H3/b11-7+. The van der Waals surface area contributed by atoms with Crippen molar-refractivity contribution in [3.63, 3.8) is 0 Å². The van der Waals surface area contributed by atoms with E-state index in [0.717, 1.165) is 0 Å². The number of methoxy groups -OCH3 is 2. The molecule has 0 saturated carbocycles. The molecule has 0 aromatic heterocycles. The van der Waals surface area contributed by atoms with Crippen molar-refractivity contribution in [3.05, 3.63) is 29.3 Å². The molecule has 100 valence electrons. The topological polar surface area (TPSA) is 62.6 Å². The Morgan fingerprint density at radius 2 is 2.00 bits per heavy atom. The van der Waals surface area contributed by atoms with Crippen molar-refractivity contribution in [2.24, 2.45) is 0 Å². The smallest absolute Gasteiger partial charge is 0.264 e. The van der Waals surface area contributed by atoms with Crippen LogP contribution in [-0.4, -0.2) is 39.1 Å². The summed E-state index contributed by atoms with van der Waals surface area (Å²) in [6.45, 7) is 0. The van der Waals surface area contributed by atoms with Crippen LogP contribution in [0.15, 0.2) is 23.8 Å². The van der Waals surface area contributed by atoms with E-state index in [1.54, 1.807) is 39.4 Å². The molecule has 1 amide bonds. The van der Waals surface area contributed by atoms with Crippen LogP contribution in [0, 0.1) is 11.3 Å². The molecule has 0 N–H and O–H groups in total. The van der Waals surface area contributed by atoms with E-state index in [0.29, 0.717) is 17.1 Å². The molecule has 0 bridgehead atoms. The molecule has 5 nitrogen and oxygen atoms in total. The maximum atomic E-state index is 11.8. The number of carbonyl (C=O) groups is 1. The summed E-state index contributed by atoms with van der Waals surface area (Å²) >= 11 is 0. The van der Waals surface area contributed by atoms with Gasteiger partial charge in [-0.3, -0.25) is 4.79 Å². The van der Waals surface area contributed by atoms with Gasteiger partial charge in [0.05, 0.1) is 14.2 Å². The van der Waals surface area contributed by atoms with Gasteiger partial charge >= 0.3 is 0 Å². The lowest BCUT2D eigenvalue weighted by Gasteiger charge is -2.10. The second-order valence-electron chi connectivity index (χ2n) is 3.98. The molecule has 0 unspecified atom stereocenters. The van der Waals surface area contributed by atoms with Crippen molar-refractivity contribution >= 4 is 12.0 Å². The molecular formula is C14H16N2O3. The number of rotatable bonds is 4. The molecule has 0 radical (unpaired) electrons. The van der Waals surface area contributed by atoms with Gasteiger partial charge < -0.3 is 14.4 Å². The Hall–Kier alpha value is -2.48. The molecule has 0 heterocycles. The van der Waals surface area contributed by atoms with E-state index in [2.05, 4.69) is 0 Å². The van der Waals surface area contributed by atoms with Crippen molar-refractivity contribution in [1.82, 2.24) is 4.90 Å². The molecule has 0 aliphatic rings. The monoisotopic (exact) mass is 260 g/mol. The highest BCUT2D eigenvalue weighted by Crippen LogP contribution is 2.26. The summed E-state index contributed by atoms with van der Waals surface area (Å²) in [7, 11) is 6.26. The zero-order valence-electron chi connectivity index (χ0n) is 11.4. The molecule has 1 rings (SSSR count). The van der Waals surface area contributed by atoms with Crippen molar-refractivity contribution in [1.29, 1.82) is 5.26 Å². The minimum absolute atomic E-state index is 0.0385. The van der Waals surface area contributed by atoms with E-state index >= 15 is 0 Å². The first-order valence-corrected chi connectivity index (χ1v) is 5.59. The van der Waals surface area contributed by atoms with Crippen molar-refractivity contribution in [3.8, 4) is 17.6 Å². The van der Waals surface area contributed by atoms with E-state index in [-0.39, 0.29) is 11.5 Å². The molecule has 0 aliphatic carbocycles. The Bertz CT molecular complexity index is 542. The third-order valence-corrected chi connectivity index (χ3v) is 2.49. The average Bonchev–Trinajstić information content (AvgIpc) is 2.43. The van der Waals surface area contributed by atoms with Gasteiger partial charge in [0.15, 0.2) is 0 Å². The molecule has 0 spiro atoms. The summed E-state index contributed by atoms with van der Waals surface area (Å²) in [6.07, 6.45) is 1.49. The summed E-state index contributed by atoms with van der Waals surface area (Å²) in [4.78, 5) is 13.1. The Morgan fingerprint density at radius 3 is 2.47 bits per heavy atom. The molecule has 0 atom stereocenters. The predicted molar refractivity (Wildman–Crippen MR) is 71.8 cm³/mol. The lowest BCUT2D eigenvalue weighted by Crippen LogP contribution is -2.22.